The van der Waals surface area contributed by atoms with Gasteiger partial charge in [-0.05, 0) is 37.8 Å². The van der Waals surface area contributed by atoms with Crippen LogP contribution < -0.4 is 4.74 Å². The van der Waals surface area contributed by atoms with Crippen molar-refractivity contribution in [2.24, 2.45) is 0 Å². The van der Waals surface area contributed by atoms with Gasteiger partial charge >= 0.3 is 5.97 Å². The number of carboxylic acids is 1. The number of fused-ring (bicyclic) bond motifs is 3. The van der Waals surface area contributed by atoms with E-state index in [0.717, 1.165) is 34.9 Å². The molecule has 0 radical (unpaired) electrons. The fourth-order valence-electron chi connectivity index (χ4n) is 2.94. The van der Waals surface area contributed by atoms with Gasteiger partial charge in [-0.25, -0.2) is 0 Å². The third-order valence-electron chi connectivity index (χ3n) is 4.19. The number of rotatable bonds is 3. The maximum absolute atomic E-state index is 10.8. The number of phenols is 1. The molecule has 2 N–H and O–H groups in total. The van der Waals surface area contributed by atoms with Gasteiger partial charge in [-0.2, -0.15) is 0 Å². The molecule has 2 aromatic carbocycles. The molecular formula is C17H18O4. The Hall–Kier alpha value is -2.23. The van der Waals surface area contributed by atoms with Crippen LogP contribution in [0.15, 0.2) is 30.3 Å². The van der Waals surface area contributed by atoms with Crippen LogP contribution in [0.5, 0.6) is 11.5 Å². The minimum Gasteiger partial charge on any atom is -0.507 e. The molecule has 21 heavy (non-hydrogen) atoms. The highest BCUT2D eigenvalue weighted by atomic mass is 16.5. The van der Waals surface area contributed by atoms with Crippen LogP contribution in [0.2, 0.25) is 0 Å². The maximum Gasteiger partial charge on any atom is 0.303 e. The summed E-state index contributed by atoms with van der Waals surface area (Å²) in [5, 5.41) is 20.6. The largest absolute Gasteiger partial charge is 0.507 e. The Morgan fingerprint density at radius 2 is 2.05 bits per heavy atom. The van der Waals surface area contributed by atoms with Gasteiger partial charge in [0, 0.05) is 17.2 Å². The lowest BCUT2D eigenvalue weighted by molar-refractivity contribution is -0.138. The van der Waals surface area contributed by atoms with Crippen LogP contribution in [-0.2, 0) is 11.2 Å². The zero-order valence-electron chi connectivity index (χ0n) is 11.9. The quantitative estimate of drug-likeness (QED) is 0.906. The summed E-state index contributed by atoms with van der Waals surface area (Å²) >= 11 is 0. The number of benzene rings is 2. The third-order valence-corrected chi connectivity index (χ3v) is 4.19. The summed E-state index contributed by atoms with van der Waals surface area (Å²) in [6, 6.07) is 9.33. The van der Waals surface area contributed by atoms with Gasteiger partial charge in [-0.15, -0.1) is 0 Å². The SMILES string of the molecule is CC1(CCC(=O)O)CCc2cc(O)c3ccccc3c2O1. The normalized spacial score (nSPS) is 20.8. The fraction of sp³-hybridized carbons (Fsp3) is 0.353. The Labute approximate surface area is 123 Å². The molecule has 0 amide bonds. The minimum absolute atomic E-state index is 0.0991. The number of hydrogen-bond donors (Lipinski definition) is 2. The molecule has 1 aliphatic heterocycles. The number of aromatic hydroxyl groups is 1. The Balaban J connectivity index is 2.02. The third kappa shape index (κ3) is 2.53. The summed E-state index contributed by atoms with van der Waals surface area (Å²) in [5.41, 5.74) is 0.518. The maximum atomic E-state index is 10.8. The first-order chi connectivity index (χ1) is 9.98. The molecule has 1 atom stereocenters. The molecule has 0 bridgehead atoms. The van der Waals surface area contributed by atoms with Crippen molar-refractivity contribution in [2.75, 3.05) is 0 Å². The highest BCUT2D eigenvalue weighted by Gasteiger charge is 2.33. The van der Waals surface area contributed by atoms with E-state index in [-0.39, 0.29) is 12.2 Å². The number of aliphatic carboxylic acids is 1. The number of carboxylic acid groups (broad SMARTS) is 1. The molecule has 4 nitrogen and oxygen atoms in total. The van der Waals surface area contributed by atoms with Gasteiger partial charge in [0.2, 0.25) is 0 Å². The van der Waals surface area contributed by atoms with E-state index in [1.54, 1.807) is 6.07 Å². The lowest BCUT2D eigenvalue weighted by atomic mass is 9.87. The van der Waals surface area contributed by atoms with Crippen molar-refractivity contribution in [3.8, 4) is 11.5 Å². The molecule has 1 aliphatic rings. The van der Waals surface area contributed by atoms with Crippen molar-refractivity contribution < 1.29 is 19.7 Å². The molecule has 2 aromatic rings. The zero-order valence-corrected chi connectivity index (χ0v) is 11.9. The van der Waals surface area contributed by atoms with E-state index >= 15 is 0 Å². The van der Waals surface area contributed by atoms with E-state index in [1.165, 1.54) is 0 Å². The predicted molar refractivity (Wildman–Crippen MR) is 79.8 cm³/mol. The lowest BCUT2D eigenvalue weighted by Crippen LogP contribution is -2.37. The number of carbonyl (C=O) groups is 1. The van der Waals surface area contributed by atoms with Crippen LogP contribution in [0.25, 0.3) is 10.8 Å². The number of aryl methyl sites for hydroxylation is 1. The van der Waals surface area contributed by atoms with Gasteiger partial charge in [-0.1, -0.05) is 24.3 Å². The first-order valence-corrected chi connectivity index (χ1v) is 7.13. The Morgan fingerprint density at radius 3 is 2.76 bits per heavy atom. The Kier molecular flexibility index (Phi) is 3.24. The molecule has 0 aromatic heterocycles. The zero-order chi connectivity index (χ0) is 15.0. The van der Waals surface area contributed by atoms with E-state index in [9.17, 15) is 9.90 Å². The summed E-state index contributed by atoms with van der Waals surface area (Å²) in [6.07, 6.45) is 2.12. The molecule has 3 rings (SSSR count). The second kappa shape index (κ2) is 4.95. The van der Waals surface area contributed by atoms with E-state index in [2.05, 4.69) is 0 Å². The van der Waals surface area contributed by atoms with Crippen LogP contribution in [0.4, 0.5) is 0 Å². The molecule has 0 saturated carbocycles. The van der Waals surface area contributed by atoms with Gasteiger partial charge in [0.15, 0.2) is 0 Å². The predicted octanol–water partition coefficient (Wildman–Crippen LogP) is 3.49. The average molecular weight is 286 g/mol. The summed E-state index contributed by atoms with van der Waals surface area (Å²) < 4.78 is 6.16. The molecule has 0 fully saturated rings. The van der Waals surface area contributed by atoms with Crippen LogP contribution in [-0.4, -0.2) is 21.8 Å². The summed E-state index contributed by atoms with van der Waals surface area (Å²) in [7, 11) is 0. The van der Waals surface area contributed by atoms with E-state index in [4.69, 9.17) is 9.84 Å². The molecule has 4 heteroatoms. The summed E-state index contributed by atoms with van der Waals surface area (Å²) in [4.78, 5) is 10.8. The van der Waals surface area contributed by atoms with Crippen LogP contribution in [0.3, 0.4) is 0 Å². The van der Waals surface area contributed by atoms with Crippen molar-refractivity contribution in [1.82, 2.24) is 0 Å². The summed E-state index contributed by atoms with van der Waals surface area (Å²) in [5.74, 6) is 0.241. The van der Waals surface area contributed by atoms with Gasteiger partial charge < -0.3 is 14.9 Å². The smallest absolute Gasteiger partial charge is 0.303 e. The molecule has 0 spiro atoms. The first kappa shape index (κ1) is 13.7. The monoisotopic (exact) mass is 286 g/mol. The number of hydrogen-bond acceptors (Lipinski definition) is 3. The van der Waals surface area contributed by atoms with Crippen LogP contribution in [0.1, 0.15) is 31.7 Å². The van der Waals surface area contributed by atoms with Gasteiger partial charge in [0.25, 0.3) is 0 Å². The van der Waals surface area contributed by atoms with E-state index in [0.29, 0.717) is 6.42 Å². The first-order valence-electron chi connectivity index (χ1n) is 7.13. The minimum atomic E-state index is -0.804. The van der Waals surface area contributed by atoms with Gasteiger partial charge in [0.1, 0.15) is 17.1 Å². The number of phenolic OH excluding ortho intramolecular Hbond substituents is 1. The topological polar surface area (TPSA) is 66.8 Å². The molecule has 0 aliphatic carbocycles. The van der Waals surface area contributed by atoms with Crippen molar-refractivity contribution in [3.63, 3.8) is 0 Å². The van der Waals surface area contributed by atoms with E-state index < -0.39 is 11.6 Å². The molecule has 110 valence electrons. The molecule has 1 heterocycles. The Bertz CT molecular complexity index is 707. The van der Waals surface area contributed by atoms with Gasteiger partial charge in [0.05, 0.1) is 0 Å². The second-order valence-electron chi connectivity index (χ2n) is 5.88. The molecule has 0 saturated heterocycles. The van der Waals surface area contributed by atoms with Crippen molar-refractivity contribution in [3.05, 3.63) is 35.9 Å². The molecule has 1 unspecified atom stereocenters. The highest BCUT2D eigenvalue weighted by molar-refractivity contribution is 5.94. The van der Waals surface area contributed by atoms with Gasteiger partial charge in [-0.3, -0.25) is 4.79 Å². The standard InChI is InChI=1S/C17H18O4/c1-17(9-7-15(19)20)8-6-11-10-14(18)12-4-2-3-5-13(12)16(11)21-17/h2-5,10,18H,6-9H2,1H3,(H,19,20). The van der Waals surface area contributed by atoms with Crippen molar-refractivity contribution >= 4 is 16.7 Å². The van der Waals surface area contributed by atoms with Crippen LogP contribution in [0, 0.1) is 0 Å². The number of ether oxygens (including phenoxy) is 1. The summed E-state index contributed by atoms with van der Waals surface area (Å²) in [6.45, 7) is 1.96. The molecular weight excluding hydrogens is 268 g/mol. The van der Waals surface area contributed by atoms with Crippen molar-refractivity contribution in [2.45, 2.75) is 38.2 Å². The van der Waals surface area contributed by atoms with E-state index in [1.807, 2.05) is 31.2 Å². The average Bonchev–Trinajstić information content (AvgIpc) is 2.47. The second-order valence-corrected chi connectivity index (χ2v) is 5.88. The van der Waals surface area contributed by atoms with Crippen molar-refractivity contribution in [1.29, 1.82) is 0 Å². The Morgan fingerprint density at radius 1 is 1.33 bits per heavy atom. The lowest BCUT2D eigenvalue weighted by Gasteiger charge is -2.36. The highest BCUT2D eigenvalue weighted by Crippen LogP contribution is 2.43. The fourth-order valence-corrected chi connectivity index (χ4v) is 2.94. The van der Waals surface area contributed by atoms with Crippen LogP contribution >= 0.6 is 0 Å².